The molecular formula is C12H17N5O4. The summed E-state index contributed by atoms with van der Waals surface area (Å²) in [7, 11) is 0. The van der Waals surface area contributed by atoms with Crippen LogP contribution in [-0.2, 0) is 0 Å². The summed E-state index contributed by atoms with van der Waals surface area (Å²) < 4.78 is 0. The number of hydrogen-bond donors (Lipinski definition) is 3. The Kier molecular flexibility index (Phi) is 6.05. The van der Waals surface area contributed by atoms with E-state index in [0.29, 0.717) is 12.0 Å². The van der Waals surface area contributed by atoms with Gasteiger partial charge in [-0.2, -0.15) is 0 Å². The van der Waals surface area contributed by atoms with Crippen LogP contribution in [0.15, 0.2) is 29.3 Å². The summed E-state index contributed by atoms with van der Waals surface area (Å²) in [6.07, 6.45) is 4.44. The molecule has 1 aromatic heterocycles. The van der Waals surface area contributed by atoms with Gasteiger partial charge in [0.15, 0.2) is 0 Å². The normalized spacial score (nSPS) is 13.8. The topological polar surface area (TPSA) is 134 Å². The maximum Gasteiger partial charge on any atom is 0.269 e. The number of oxime groups is 1. The van der Waals surface area contributed by atoms with E-state index in [1.54, 1.807) is 13.8 Å². The molecule has 21 heavy (non-hydrogen) atoms. The highest BCUT2D eigenvalue weighted by molar-refractivity contribution is 6.01. The molecule has 0 saturated carbocycles. The first-order valence-corrected chi connectivity index (χ1v) is 6.28. The Hall–Kier alpha value is -2.71. The fourth-order valence-electron chi connectivity index (χ4n) is 1.76. The van der Waals surface area contributed by atoms with Gasteiger partial charge in [0, 0.05) is 16.9 Å². The minimum Gasteiger partial charge on any atom is -0.411 e. The average molecular weight is 295 g/mol. The van der Waals surface area contributed by atoms with Crippen molar-refractivity contribution < 1.29 is 14.9 Å². The van der Waals surface area contributed by atoms with Crippen LogP contribution in [-0.4, -0.2) is 44.3 Å². The van der Waals surface area contributed by atoms with Gasteiger partial charge in [-0.1, -0.05) is 12.1 Å². The second kappa shape index (κ2) is 7.78. The molecule has 1 aromatic rings. The fourth-order valence-corrected chi connectivity index (χ4v) is 1.76. The van der Waals surface area contributed by atoms with Gasteiger partial charge in [-0.25, -0.2) is 4.98 Å². The molecule has 1 atom stereocenters. The van der Waals surface area contributed by atoms with Crippen LogP contribution >= 0.6 is 0 Å². The fraction of sp³-hybridized carbons (Fsp3) is 0.417. The third-order valence-electron chi connectivity index (χ3n) is 2.86. The number of aromatic amines is 1. The van der Waals surface area contributed by atoms with Crippen molar-refractivity contribution in [1.82, 2.24) is 15.3 Å². The number of rotatable bonds is 7. The van der Waals surface area contributed by atoms with Crippen LogP contribution in [0.1, 0.15) is 30.8 Å². The summed E-state index contributed by atoms with van der Waals surface area (Å²) >= 11 is 0. The highest BCUT2D eigenvalue weighted by atomic mass is 16.6. The summed E-state index contributed by atoms with van der Waals surface area (Å²) in [5.41, 5.74) is 0.844. The maximum absolute atomic E-state index is 11.7. The predicted molar refractivity (Wildman–Crippen MR) is 75.0 cm³/mol. The van der Waals surface area contributed by atoms with Gasteiger partial charge in [-0.3, -0.25) is 14.9 Å². The van der Waals surface area contributed by atoms with Crippen molar-refractivity contribution in [3.8, 4) is 0 Å². The highest BCUT2D eigenvalue weighted by Gasteiger charge is 2.20. The molecule has 114 valence electrons. The van der Waals surface area contributed by atoms with Crippen molar-refractivity contribution in [3.63, 3.8) is 0 Å². The van der Waals surface area contributed by atoms with E-state index in [2.05, 4.69) is 20.4 Å². The Bertz CT molecular complexity index is 550. The second-order valence-electron chi connectivity index (χ2n) is 4.34. The number of carbonyl (C=O) groups excluding carboxylic acids is 1. The molecular weight excluding hydrogens is 278 g/mol. The second-order valence-corrected chi connectivity index (χ2v) is 4.34. The van der Waals surface area contributed by atoms with Crippen LogP contribution < -0.4 is 5.32 Å². The van der Waals surface area contributed by atoms with E-state index < -0.39 is 16.9 Å². The van der Waals surface area contributed by atoms with Gasteiger partial charge >= 0.3 is 0 Å². The summed E-state index contributed by atoms with van der Waals surface area (Å²) in [6.45, 7) is 3.22. The Morgan fingerprint density at radius 1 is 1.71 bits per heavy atom. The van der Waals surface area contributed by atoms with E-state index in [1.165, 1.54) is 18.6 Å². The van der Waals surface area contributed by atoms with E-state index >= 15 is 0 Å². The van der Waals surface area contributed by atoms with Crippen LogP contribution in [0.25, 0.3) is 0 Å². The summed E-state index contributed by atoms with van der Waals surface area (Å²) in [5, 5.41) is 25.3. The minimum atomic E-state index is -0.843. The largest absolute Gasteiger partial charge is 0.411 e. The van der Waals surface area contributed by atoms with Gasteiger partial charge in [0.25, 0.3) is 5.91 Å². The Morgan fingerprint density at radius 3 is 2.90 bits per heavy atom. The van der Waals surface area contributed by atoms with E-state index in [1.807, 2.05) is 0 Å². The molecule has 0 spiro atoms. The monoisotopic (exact) mass is 295 g/mol. The standard InChI is InChI=1S/C12H17N5O4/c1-3-11(17(20)21)8(2)4-9(16-19)5-14-12(18)10-6-13-7-15-10/h4,6-7,11,19H,3,5H2,1-2H3,(H,13,15)(H,14,18). The number of hydrogen-bond acceptors (Lipinski definition) is 6. The number of carbonyl (C=O) groups is 1. The lowest BCUT2D eigenvalue weighted by Gasteiger charge is -2.08. The van der Waals surface area contributed by atoms with Gasteiger partial charge in [-0.05, 0) is 13.0 Å². The lowest BCUT2D eigenvalue weighted by atomic mass is 10.1. The Balaban J connectivity index is 2.67. The van der Waals surface area contributed by atoms with Crippen LogP contribution in [0.5, 0.6) is 0 Å². The molecule has 3 N–H and O–H groups in total. The molecule has 0 saturated heterocycles. The summed E-state index contributed by atoms with van der Waals surface area (Å²) in [5.74, 6) is -0.416. The average Bonchev–Trinajstić information content (AvgIpc) is 2.97. The quantitative estimate of drug-likeness (QED) is 0.298. The van der Waals surface area contributed by atoms with Crippen LogP contribution in [0.3, 0.4) is 0 Å². The first kappa shape index (κ1) is 16.3. The molecule has 1 amide bonds. The SMILES string of the molecule is CCC(C(C)=CC(CNC(=O)c1cnc[nH]1)=NO)[N+](=O)[O-]. The van der Waals surface area contributed by atoms with Crippen LogP contribution in [0, 0.1) is 10.1 Å². The van der Waals surface area contributed by atoms with Crippen molar-refractivity contribution in [2.24, 2.45) is 5.16 Å². The number of nitrogens with one attached hydrogen (secondary N) is 2. The molecule has 1 heterocycles. The van der Waals surface area contributed by atoms with E-state index in [0.717, 1.165) is 0 Å². The number of nitro groups is 1. The van der Waals surface area contributed by atoms with Gasteiger partial charge in [0.05, 0.1) is 24.8 Å². The number of H-pyrrole nitrogens is 1. The van der Waals surface area contributed by atoms with Crippen molar-refractivity contribution >= 4 is 11.6 Å². The molecule has 0 aliphatic carbocycles. The zero-order valence-corrected chi connectivity index (χ0v) is 11.7. The smallest absolute Gasteiger partial charge is 0.269 e. The van der Waals surface area contributed by atoms with Crippen LogP contribution in [0.2, 0.25) is 0 Å². The first-order chi connectivity index (χ1) is 9.99. The summed E-state index contributed by atoms with van der Waals surface area (Å²) in [6, 6.07) is -0.843. The number of amides is 1. The highest BCUT2D eigenvalue weighted by Crippen LogP contribution is 2.09. The van der Waals surface area contributed by atoms with E-state index in [9.17, 15) is 14.9 Å². The van der Waals surface area contributed by atoms with E-state index in [-0.39, 0.29) is 18.0 Å². The predicted octanol–water partition coefficient (Wildman–Crippen LogP) is 0.971. The van der Waals surface area contributed by atoms with E-state index in [4.69, 9.17) is 5.21 Å². The minimum absolute atomic E-state index is 0.0557. The molecule has 1 rings (SSSR count). The number of imidazole rings is 1. The molecule has 0 radical (unpaired) electrons. The van der Waals surface area contributed by atoms with Gasteiger partial charge in [-0.15, -0.1) is 0 Å². The molecule has 1 unspecified atom stereocenters. The van der Waals surface area contributed by atoms with Crippen LogP contribution in [0.4, 0.5) is 0 Å². The van der Waals surface area contributed by atoms with Crippen molar-refractivity contribution in [1.29, 1.82) is 0 Å². The molecule has 0 fully saturated rings. The zero-order valence-electron chi connectivity index (χ0n) is 11.7. The lowest BCUT2D eigenvalue weighted by Crippen LogP contribution is -2.30. The molecule has 0 aromatic carbocycles. The maximum atomic E-state index is 11.7. The molecule has 9 heteroatoms. The van der Waals surface area contributed by atoms with Gasteiger partial charge in [0.1, 0.15) is 5.69 Å². The summed E-state index contributed by atoms with van der Waals surface area (Å²) in [4.78, 5) is 28.4. The molecule has 9 nitrogen and oxygen atoms in total. The zero-order chi connectivity index (χ0) is 15.8. The van der Waals surface area contributed by atoms with Gasteiger partial charge in [0.2, 0.25) is 6.04 Å². The molecule has 0 aliphatic heterocycles. The molecule has 0 bridgehead atoms. The first-order valence-electron chi connectivity index (χ1n) is 6.28. The Labute approximate surface area is 120 Å². The van der Waals surface area contributed by atoms with Gasteiger partial charge < -0.3 is 15.5 Å². The Morgan fingerprint density at radius 2 is 2.43 bits per heavy atom. The third kappa shape index (κ3) is 4.71. The number of aromatic nitrogens is 2. The van der Waals surface area contributed by atoms with Crippen molar-refractivity contribution in [2.45, 2.75) is 26.3 Å². The van der Waals surface area contributed by atoms with Crippen molar-refractivity contribution in [2.75, 3.05) is 6.54 Å². The third-order valence-corrected chi connectivity index (χ3v) is 2.86. The lowest BCUT2D eigenvalue weighted by molar-refractivity contribution is -0.512. The molecule has 0 aliphatic rings. The number of nitrogens with zero attached hydrogens (tertiary/aromatic N) is 3. The van der Waals surface area contributed by atoms with Crippen molar-refractivity contribution in [3.05, 3.63) is 40.0 Å².